The molecule has 0 aliphatic carbocycles. The van der Waals surface area contributed by atoms with Gasteiger partial charge in [-0.2, -0.15) is 5.10 Å². The zero-order valence-corrected chi connectivity index (χ0v) is 14.8. The van der Waals surface area contributed by atoms with Gasteiger partial charge in [0.25, 0.3) is 5.91 Å². The first-order chi connectivity index (χ1) is 12.6. The van der Waals surface area contributed by atoms with Gasteiger partial charge in [-0.15, -0.1) is 0 Å². The fourth-order valence-electron chi connectivity index (χ4n) is 3.06. The highest BCUT2D eigenvalue weighted by Crippen LogP contribution is 2.23. The van der Waals surface area contributed by atoms with Crippen LogP contribution >= 0.6 is 0 Å². The van der Waals surface area contributed by atoms with Crippen molar-refractivity contribution in [2.45, 2.75) is 13.0 Å². The summed E-state index contributed by atoms with van der Waals surface area (Å²) in [6.07, 6.45) is 0. The maximum absolute atomic E-state index is 12.3. The molecule has 0 bridgehead atoms. The van der Waals surface area contributed by atoms with E-state index < -0.39 is 0 Å². The van der Waals surface area contributed by atoms with E-state index >= 15 is 0 Å². The summed E-state index contributed by atoms with van der Waals surface area (Å²) < 4.78 is 5.46. The lowest BCUT2D eigenvalue weighted by atomic mass is 10.0. The van der Waals surface area contributed by atoms with E-state index in [9.17, 15) is 9.90 Å². The molecule has 6 nitrogen and oxygen atoms in total. The van der Waals surface area contributed by atoms with Crippen LogP contribution in [0.5, 0.6) is 5.75 Å². The first kappa shape index (κ1) is 18.1. The molecule has 3 rings (SSSR count). The van der Waals surface area contributed by atoms with E-state index in [1.807, 2.05) is 25.1 Å². The van der Waals surface area contributed by atoms with Gasteiger partial charge in [-0.3, -0.25) is 9.69 Å². The van der Waals surface area contributed by atoms with Gasteiger partial charge < -0.3 is 9.84 Å². The van der Waals surface area contributed by atoms with Crippen LogP contribution < -0.4 is 5.43 Å². The number of rotatable bonds is 5. The number of phenolic OH excluding ortho intramolecular Hbond substituents is 1. The molecule has 0 saturated carbocycles. The lowest BCUT2D eigenvalue weighted by Gasteiger charge is -2.34. The SMILES string of the molecule is C/C(=N/NC(=O)c1ccc(O)cc1)[C@@H](c1ccccc1)N1CCOCC1. The third-order valence-electron chi connectivity index (χ3n) is 4.39. The highest BCUT2D eigenvalue weighted by molar-refractivity contribution is 5.96. The molecule has 1 fully saturated rings. The van der Waals surface area contributed by atoms with Crippen LogP contribution in [-0.2, 0) is 4.74 Å². The average molecular weight is 353 g/mol. The number of carbonyl (C=O) groups is 1. The lowest BCUT2D eigenvalue weighted by Crippen LogP contribution is -2.42. The molecule has 1 aliphatic rings. The summed E-state index contributed by atoms with van der Waals surface area (Å²) >= 11 is 0. The van der Waals surface area contributed by atoms with Gasteiger partial charge in [0.05, 0.1) is 25.0 Å². The Morgan fingerprint density at radius 2 is 1.77 bits per heavy atom. The Bertz CT molecular complexity index is 754. The van der Waals surface area contributed by atoms with Crippen molar-refractivity contribution in [3.05, 3.63) is 65.7 Å². The smallest absolute Gasteiger partial charge is 0.271 e. The lowest BCUT2D eigenvalue weighted by molar-refractivity contribution is 0.0285. The zero-order valence-electron chi connectivity index (χ0n) is 14.8. The molecule has 0 spiro atoms. The van der Waals surface area contributed by atoms with E-state index in [2.05, 4.69) is 27.6 Å². The van der Waals surface area contributed by atoms with Crippen LogP contribution in [0.2, 0.25) is 0 Å². The molecule has 0 aromatic heterocycles. The molecule has 2 N–H and O–H groups in total. The van der Waals surface area contributed by atoms with Gasteiger partial charge in [-0.05, 0) is 36.8 Å². The Hall–Kier alpha value is -2.70. The second-order valence-corrected chi connectivity index (χ2v) is 6.20. The van der Waals surface area contributed by atoms with Gasteiger partial charge in [-0.25, -0.2) is 5.43 Å². The molecular formula is C20H23N3O3. The van der Waals surface area contributed by atoms with Crippen LogP contribution in [0.15, 0.2) is 59.7 Å². The number of hydrogen-bond acceptors (Lipinski definition) is 5. The first-order valence-electron chi connectivity index (χ1n) is 8.65. The normalized spacial score (nSPS) is 16.9. The van der Waals surface area contributed by atoms with Gasteiger partial charge >= 0.3 is 0 Å². The molecule has 1 amide bonds. The van der Waals surface area contributed by atoms with E-state index in [0.29, 0.717) is 18.8 Å². The molecule has 1 aliphatic heterocycles. The molecule has 136 valence electrons. The van der Waals surface area contributed by atoms with E-state index in [4.69, 9.17) is 4.74 Å². The second kappa shape index (κ2) is 8.60. The molecule has 0 radical (unpaired) electrons. The topological polar surface area (TPSA) is 74.2 Å². The van der Waals surface area contributed by atoms with Crippen molar-refractivity contribution >= 4 is 11.6 Å². The fraction of sp³-hybridized carbons (Fsp3) is 0.300. The molecule has 6 heteroatoms. The van der Waals surface area contributed by atoms with Gasteiger partial charge in [0.15, 0.2) is 0 Å². The van der Waals surface area contributed by atoms with Gasteiger partial charge in [-0.1, -0.05) is 30.3 Å². The number of carbonyl (C=O) groups excluding carboxylic acids is 1. The van der Waals surface area contributed by atoms with Crippen LogP contribution in [-0.4, -0.2) is 47.9 Å². The largest absolute Gasteiger partial charge is 0.508 e. The van der Waals surface area contributed by atoms with Crippen molar-refractivity contribution in [3.63, 3.8) is 0 Å². The van der Waals surface area contributed by atoms with Crippen molar-refractivity contribution in [3.8, 4) is 5.75 Å². The van der Waals surface area contributed by atoms with E-state index in [1.54, 1.807) is 12.1 Å². The summed E-state index contributed by atoms with van der Waals surface area (Å²) in [4.78, 5) is 14.6. The molecule has 26 heavy (non-hydrogen) atoms. The zero-order chi connectivity index (χ0) is 18.4. The predicted octanol–water partition coefficient (Wildman–Crippen LogP) is 2.57. The van der Waals surface area contributed by atoms with Gasteiger partial charge in [0, 0.05) is 18.7 Å². The Morgan fingerprint density at radius 3 is 2.42 bits per heavy atom. The molecular weight excluding hydrogens is 330 g/mol. The number of hydrazone groups is 1. The molecule has 2 aromatic rings. The third kappa shape index (κ3) is 4.47. The minimum absolute atomic E-state index is 0.0137. The minimum Gasteiger partial charge on any atom is -0.508 e. The second-order valence-electron chi connectivity index (χ2n) is 6.20. The number of ether oxygens (including phenoxy) is 1. The Balaban J connectivity index is 1.77. The highest BCUT2D eigenvalue weighted by atomic mass is 16.5. The first-order valence-corrected chi connectivity index (χ1v) is 8.65. The summed E-state index contributed by atoms with van der Waals surface area (Å²) in [6.45, 7) is 4.94. The number of nitrogens with one attached hydrogen (secondary N) is 1. The van der Waals surface area contributed by atoms with Crippen LogP contribution in [0.3, 0.4) is 0 Å². The highest BCUT2D eigenvalue weighted by Gasteiger charge is 2.25. The van der Waals surface area contributed by atoms with E-state index in [0.717, 1.165) is 24.4 Å². The summed E-state index contributed by atoms with van der Waals surface area (Å²) in [6, 6.07) is 16.2. The van der Waals surface area contributed by atoms with Crippen molar-refractivity contribution in [1.82, 2.24) is 10.3 Å². The maximum atomic E-state index is 12.3. The minimum atomic E-state index is -0.307. The number of morpholine rings is 1. The van der Waals surface area contributed by atoms with Crippen LogP contribution in [0, 0.1) is 0 Å². The number of benzene rings is 2. The van der Waals surface area contributed by atoms with Crippen LogP contribution in [0.1, 0.15) is 28.9 Å². The van der Waals surface area contributed by atoms with E-state index in [-0.39, 0.29) is 17.7 Å². The Morgan fingerprint density at radius 1 is 1.12 bits per heavy atom. The van der Waals surface area contributed by atoms with Crippen molar-refractivity contribution < 1.29 is 14.6 Å². The van der Waals surface area contributed by atoms with Gasteiger partial charge in [0.2, 0.25) is 0 Å². The number of amides is 1. The molecule has 1 heterocycles. The van der Waals surface area contributed by atoms with Crippen molar-refractivity contribution in [2.75, 3.05) is 26.3 Å². The van der Waals surface area contributed by atoms with Crippen molar-refractivity contribution in [1.29, 1.82) is 0 Å². The number of phenols is 1. The van der Waals surface area contributed by atoms with Gasteiger partial charge in [0.1, 0.15) is 5.75 Å². The van der Waals surface area contributed by atoms with E-state index in [1.165, 1.54) is 12.1 Å². The number of aromatic hydroxyl groups is 1. The Kier molecular flexibility index (Phi) is 5.99. The summed E-state index contributed by atoms with van der Waals surface area (Å²) in [5, 5.41) is 13.7. The summed E-state index contributed by atoms with van der Waals surface area (Å²) in [7, 11) is 0. The summed E-state index contributed by atoms with van der Waals surface area (Å²) in [5.41, 5.74) is 5.01. The Labute approximate surface area is 153 Å². The molecule has 1 atom stereocenters. The van der Waals surface area contributed by atoms with Crippen LogP contribution in [0.4, 0.5) is 0 Å². The maximum Gasteiger partial charge on any atom is 0.271 e. The predicted molar refractivity (Wildman–Crippen MR) is 100 cm³/mol. The molecule has 1 saturated heterocycles. The quantitative estimate of drug-likeness (QED) is 0.640. The molecule has 0 unspecified atom stereocenters. The molecule has 2 aromatic carbocycles. The average Bonchev–Trinajstić information content (AvgIpc) is 2.68. The van der Waals surface area contributed by atoms with Crippen molar-refractivity contribution in [2.24, 2.45) is 5.10 Å². The summed E-state index contributed by atoms with van der Waals surface area (Å²) in [5.74, 6) is -0.184. The monoisotopic (exact) mass is 353 g/mol. The number of hydrogen-bond donors (Lipinski definition) is 2. The third-order valence-corrected chi connectivity index (χ3v) is 4.39. The standard InChI is InChI=1S/C20H23N3O3/c1-15(21-22-20(25)17-7-9-18(24)10-8-17)19(16-5-3-2-4-6-16)23-11-13-26-14-12-23/h2-10,19,24H,11-14H2,1H3,(H,22,25)/b21-15-/t19-/m0/s1. The van der Waals surface area contributed by atoms with Crippen LogP contribution in [0.25, 0.3) is 0 Å². The fourth-order valence-corrected chi connectivity index (χ4v) is 3.06. The number of nitrogens with zero attached hydrogens (tertiary/aromatic N) is 2.